The van der Waals surface area contributed by atoms with Crippen LogP contribution < -0.4 is 9.47 Å². The second-order valence-electron chi connectivity index (χ2n) is 3.92. The monoisotopic (exact) mass is 279 g/mol. The van der Waals surface area contributed by atoms with Crippen molar-refractivity contribution >= 4 is 11.6 Å². The van der Waals surface area contributed by atoms with Crippen molar-refractivity contribution in [2.45, 2.75) is 6.10 Å². The molecule has 1 heterocycles. The fourth-order valence-electron chi connectivity index (χ4n) is 1.77. The van der Waals surface area contributed by atoms with Gasteiger partial charge in [0.15, 0.2) is 0 Å². The van der Waals surface area contributed by atoms with Gasteiger partial charge in [0.05, 0.1) is 14.2 Å². The van der Waals surface area contributed by atoms with E-state index < -0.39 is 6.10 Å². The van der Waals surface area contributed by atoms with E-state index >= 15 is 0 Å². The Morgan fingerprint density at radius 1 is 1.16 bits per heavy atom. The predicted octanol–water partition coefficient (Wildman–Crippen LogP) is 2.83. The van der Waals surface area contributed by atoms with E-state index in [2.05, 4.69) is 4.98 Å². The van der Waals surface area contributed by atoms with Crippen LogP contribution in [0.1, 0.15) is 17.2 Å². The van der Waals surface area contributed by atoms with Gasteiger partial charge >= 0.3 is 0 Å². The number of nitrogens with zero attached hydrogens (tertiary/aromatic N) is 1. The molecule has 0 radical (unpaired) electrons. The van der Waals surface area contributed by atoms with Gasteiger partial charge in [0.2, 0.25) is 0 Å². The highest BCUT2D eigenvalue weighted by Crippen LogP contribution is 2.32. The molecular formula is C14H14ClNO3. The van der Waals surface area contributed by atoms with Gasteiger partial charge in [-0.3, -0.25) is 0 Å². The van der Waals surface area contributed by atoms with Crippen molar-refractivity contribution < 1.29 is 14.6 Å². The van der Waals surface area contributed by atoms with E-state index in [-0.39, 0.29) is 0 Å². The molecule has 0 aliphatic heterocycles. The lowest BCUT2D eigenvalue weighted by Crippen LogP contribution is -2.03. The summed E-state index contributed by atoms with van der Waals surface area (Å²) in [6.07, 6.45) is 0.710. The summed E-state index contributed by atoms with van der Waals surface area (Å²) in [6.45, 7) is 0. The van der Waals surface area contributed by atoms with Crippen molar-refractivity contribution in [2.75, 3.05) is 14.2 Å². The third kappa shape index (κ3) is 2.97. The fourth-order valence-corrected chi connectivity index (χ4v) is 1.88. The quantitative estimate of drug-likeness (QED) is 0.875. The van der Waals surface area contributed by atoms with Crippen molar-refractivity contribution in [3.63, 3.8) is 0 Å². The van der Waals surface area contributed by atoms with Gasteiger partial charge in [-0.25, -0.2) is 4.98 Å². The van der Waals surface area contributed by atoms with E-state index in [1.165, 1.54) is 6.20 Å². The minimum Gasteiger partial charge on any atom is -0.497 e. The van der Waals surface area contributed by atoms with Crippen LogP contribution in [0.2, 0.25) is 5.15 Å². The van der Waals surface area contributed by atoms with Crippen molar-refractivity contribution in [3.05, 3.63) is 52.8 Å². The predicted molar refractivity (Wildman–Crippen MR) is 72.9 cm³/mol. The van der Waals surface area contributed by atoms with Crippen LogP contribution in [-0.2, 0) is 0 Å². The minimum absolute atomic E-state index is 0.387. The molecule has 100 valence electrons. The highest BCUT2D eigenvalue weighted by atomic mass is 35.5. The van der Waals surface area contributed by atoms with E-state index in [0.717, 1.165) is 0 Å². The normalized spacial score (nSPS) is 12.0. The molecule has 0 fully saturated rings. The van der Waals surface area contributed by atoms with Gasteiger partial charge in [0.1, 0.15) is 22.8 Å². The van der Waals surface area contributed by atoms with Gasteiger partial charge < -0.3 is 14.6 Å². The first kappa shape index (κ1) is 13.6. The summed E-state index contributed by atoms with van der Waals surface area (Å²) in [5.41, 5.74) is 1.29. The number of ether oxygens (including phenoxy) is 2. The summed E-state index contributed by atoms with van der Waals surface area (Å²) in [4.78, 5) is 3.95. The van der Waals surface area contributed by atoms with Gasteiger partial charge in [0.25, 0.3) is 0 Å². The van der Waals surface area contributed by atoms with Crippen molar-refractivity contribution in [3.8, 4) is 11.5 Å². The number of hydrogen-bond donors (Lipinski definition) is 1. The Morgan fingerprint density at radius 2 is 1.95 bits per heavy atom. The maximum atomic E-state index is 10.4. The van der Waals surface area contributed by atoms with Crippen molar-refractivity contribution in [2.24, 2.45) is 0 Å². The Bertz CT molecular complexity index is 557. The number of benzene rings is 1. The first-order valence-electron chi connectivity index (χ1n) is 5.67. The molecule has 1 atom stereocenters. The third-order valence-corrected chi connectivity index (χ3v) is 3.02. The molecule has 2 rings (SSSR count). The maximum absolute atomic E-state index is 10.4. The summed E-state index contributed by atoms with van der Waals surface area (Å²) in [5, 5.41) is 10.7. The molecule has 0 bridgehead atoms. The van der Waals surface area contributed by atoms with Crippen LogP contribution in [0.4, 0.5) is 0 Å². The molecule has 0 saturated carbocycles. The molecule has 0 saturated heterocycles. The highest BCUT2D eigenvalue weighted by molar-refractivity contribution is 6.29. The zero-order valence-electron chi connectivity index (χ0n) is 10.6. The molecule has 0 amide bonds. The van der Waals surface area contributed by atoms with Crippen LogP contribution >= 0.6 is 11.6 Å². The summed E-state index contributed by atoms with van der Waals surface area (Å²) < 4.78 is 10.4. The molecule has 1 unspecified atom stereocenters. The molecular weight excluding hydrogens is 266 g/mol. The number of halogens is 1. The summed E-state index contributed by atoms with van der Waals surface area (Å²) in [7, 11) is 3.12. The molecule has 0 spiro atoms. The van der Waals surface area contributed by atoms with Crippen LogP contribution in [0.5, 0.6) is 11.5 Å². The second-order valence-corrected chi connectivity index (χ2v) is 4.31. The van der Waals surface area contributed by atoms with Gasteiger partial charge in [-0.2, -0.15) is 0 Å². The molecule has 0 aliphatic carbocycles. The van der Waals surface area contributed by atoms with Crippen LogP contribution in [0.15, 0.2) is 36.5 Å². The molecule has 2 aromatic rings. The SMILES string of the molecule is COc1ccc(C(O)c2ccc(Cl)nc2)c(OC)c1. The average molecular weight is 280 g/mol. The molecule has 1 aromatic heterocycles. The summed E-state index contributed by atoms with van der Waals surface area (Å²) >= 11 is 5.73. The number of rotatable bonds is 4. The van der Waals surface area contributed by atoms with E-state index in [0.29, 0.717) is 27.8 Å². The standard InChI is InChI=1S/C14H14ClNO3/c1-18-10-4-5-11(12(7-10)19-2)14(17)9-3-6-13(15)16-8-9/h3-8,14,17H,1-2H3. The lowest BCUT2D eigenvalue weighted by Gasteiger charge is -2.15. The Balaban J connectivity index is 2.37. The molecule has 1 N–H and O–H groups in total. The van der Waals surface area contributed by atoms with E-state index in [1.54, 1.807) is 44.6 Å². The lowest BCUT2D eigenvalue weighted by molar-refractivity contribution is 0.214. The molecule has 0 aliphatic rings. The van der Waals surface area contributed by atoms with Crippen LogP contribution in [0.3, 0.4) is 0 Å². The number of aromatic nitrogens is 1. The maximum Gasteiger partial charge on any atom is 0.129 e. The molecule has 19 heavy (non-hydrogen) atoms. The number of aliphatic hydroxyl groups is 1. The first-order chi connectivity index (χ1) is 9.15. The molecule has 4 nitrogen and oxygen atoms in total. The largest absolute Gasteiger partial charge is 0.497 e. The van der Waals surface area contributed by atoms with E-state index in [9.17, 15) is 5.11 Å². The third-order valence-electron chi connectivity index (χ3n) is 2.80. The van der Waals surface area contributed by atoms with E-state index in [4.69, 9.17) is 21.1 Å². The number of hydrogen-bond acceptors (Lipinski definition) is 4. The van der Waals surface area contributed by atoms with Crippen molar-refractivity contribution in [1.29, 1.82) is 0 Å². The Hall–Kier alpha value is -1.78. The Kier molecular flexibility index (Phi) is 4.24. The zero-order chi connectivity index (χ0) is 13.8. The molecule has 5 heteroatoms. The second kappa shape index (κ2) is 5.91. The van der Waals surface area contributed by atoms with Crippen molar-refractivity contribution in [1.82, 2.24) is 4.98 Å². The lowest BCUT2D eigenvalue weighted by atomic mass is 10.0. The van der Waals surface area contributed by atoms with Gasteiger partial charge in [-0.1, -0.05) is 17.7 Å². The minimum atomic E-state index is -0.828. The van der Waals surface area contributed by atoms with Crippen LogP contribution in [0, 0.1) is 0 Å². The highest BCUT2D eigenvalue weighted by Gasteiger charge is 2.16. The number of methoxy groups -OCH3 is 2. The topological polar surface area (TPSA) is 51.6 Å². The summed E-state index contributed by atoms with van der Waals surface area (Å²) in [5.74, 6) is 1.23. The van der Waals surface area contributed by atoms with Gasteiger partial charge in [-0.05, 0) is 18.2 Å². The smallest absolute Gasteiger partial charge is 0.129 e. The summed E-state index contributed by atoms with van der Waals surface area (Å²) in [6, 6.07) is 8.61. The average Bonchev–Trinajstić information content (AvgIpc) is 2.46. The molecule has 1 aromatic carbocycles. The fraction of sp³-hybridized carbons (Fsp3) is 0.214. The van der Waals surface area contributed by atoms with Crippen LogP contribution in [-0.4, -0.2) is 24.3 Å². The number of pyridine rings is 1. The Morgan fingerprint density at radius 3 is 2.53 bits per heavy atom. The van der Waals surface area contributed by atoms with Gasteiger partial charge in [0, 0.05) is 23.4 Å². The van der Waals surface area contributed by atoms with Gasteiger partial charge in [-0.15, -0.1) is 0 Å². The Labute approximate surface area is 116 Å². The number of aliphatic hydroxyl groups excluding tert-OH is 1. The first-order valence-corrected chi connectivity index (χ1v) is 6.05. The van der Waals surface area contributed by atoms with Crippen LogP contribution in [0.25, 0.3) is 0 Å². The van der Waals surface area contributed by atoms with E-state index in [1.807, 2.05) is 0 Å². The zero-order valence-corrected chi connectivity index (χ0v) is 11.4.